The molecule has 0 saturated heterocycles. The summed E-state index contributed by atoms with van der Waals surface area (Å²) >= 11 is 1.59. The lowest BCUT2D eigenvalue weighted by atomic mass is 10.2. The van der Waals surface area contributed by atoms with E-state index < -0.39 is 0 Å². The van der Waals surface area contributed by atoms with Crippen LogP contribution in [0.25, 0.3) is 0 Å². The van der Waals surface area contributed by atoms with E-state index in [0.29, 0.717) is 6.54 Å². The van der Waals surface area contributed by atoms with Crippen molar-refractivity contribution < 1.29 is 4.79 Å². The standard InChI is InChI=1S/C10H12N2OS/c1-6-10(13)12-8-4-7(5-11)2-3-9(8)14-6/h2-4,6H,5,11H2,1H3,(H,12,13). The number of benzene rings is 1. The Labute approximate surface area is 87.1 Å². The van der Waals surface area contributed by atoms with Crippen molar-refractivity contribution in [3.05, 3.63) is 23.8 Å². The fourth-order valence-corrected chi connectivity index (χ4v) is 2.31. The first-order valence-corrected chi connectivity index (χ1v) is 5.39. The highest BCUT2D eigenvalue weighted by Crippen LogP contribution is 2.35. The van der Waals surface area contributed by atoms with E-state index in [1.165, 1.54) is 0 Å². The second kappa shape index (κ2) is 3.63. The van der Waals surface area contributed by atoms with Crippen LogP contribution in [0.1, 0.15) is 12.5 Å². The smallest absolute Gasteiger partial charge is 0.237 e. The monoisotopic (exact) mass is 208 g/mol. The summed E-state index contributed by atoms with van der Waals surface area (Å²) in [5, 5.41) is 2.86. The molecule has 74 valence electrons. The van der Waals surface area contributed by atoms with E-state index in [1.54, 1.807) is 11.8 Å². The van der Waals surface area contributed by atoms with E-state index in [-0.39, 0.29) is 11.2 Å². The fraction of sp³-hybridized carbons (Fsp3) is 0.300. The van der Waals surface area contributed by atoms with E-state index in [4.69, 9.17) is 5.73 Å². The van der Waals surface area contributed by atoms with Gasteiger partial charge in [-0.2, -0.15) is 0 Å². The Morgan fingerprint density at radius 3 is 3.07 bits per heavy atom. The SMILES string of the molecule is CC1Sc2ccc(CN)cc2NC1=O. The van der Waals surface area contributed by atoms with Crippen molar-refractivity contribution >= 4 is 23.4 Å². The Kier molecular flexibility index (Phi) is 2.48. The van der Waals surface area contributed by atoms with Gasteiger partial charge in [0, 0.05) is 11.4 Å². The lowest BCUT2D eigenvalue weighted by molar-refractivity contribution is -0.115. The minimum atomic E-state index is -0.00812. The third-order valence-electron chi connectivity index (χ3n) is 2.21. The Hall–Kier alpha value is -1.00. The first kappa shape index (κ1) is 9.55. The van der Waals surface area contributed by atoms with Gasteiger partial charge in [0.2, 0.25) is 5.91 Å². The van der Waals surface area contributed by atoms with Crippen LogP contribution in [-0.4, -0.2) is 11.2 Å². The molecule has 1 atom stereocenters. The second-order valence-electron chi connectivity index (χ2n) is 3.28. The Bertz CT molecular complexity index is 378. The number of carbonyl (C=O) groups is 1. The molecule has 0 bridgehead atoms. The predicted octanol–water partition coefficient (Wildman–Crippen LogP) is 1.58. The zero-order valence-corrected chi connectivity index (χ0v) is 8.73. The molecule has 1 amide bonds. The summed E-state index contributed by atoms with van der Waals surface area (Å²) in [6.45, 7) is 2.41. The minimum absolute atomic E-state index is 0.00812. The number of hydrogen-bond acceptors (Lipinski definition) is 3. The summed E-state index contributed by atoms with van der Waals surface area (Å²) in [4.78, 5) is 12.5. The zero-order chi connectivity index (χ0) is 10.1. The summed E-state index contributed by atoms with van der Waals surface area (Å²) < 4.78 is 0. The minimum Gasteiger partial charge on any atom is -0.326 e. The average Bonchev–Trinajstić information content (AvgIpc) is 2.19. The van der Waals surface area contributed by atoms with Crippen LogP contribution in [0.15, 0.2) is 23.1 Å². The quantitative estimate of drug-likeness (QED) is 0.736. The molecular weight excluding hydrogens is 196 g/mol. The maximum absolute atomic E-state index is 11.4. The topological polar surface area (TPSA) is 55.1 Å². The van der Waals surface area contributed by atoms with Gasteiger partial charge in [-0.05, 0) is 24.6 Å². The molecule has 4 heteroatoms. The van der Waals surface area contributed by atoms with Crippen molar-refractivity contribution in [2.24, 2.45) is 5.73 Å². The van der Waals surface area contributed by atoms with E-state index in [0.717, 1.165) is 16.1 Å². The summed E-state index contributed by atoms with van der Waals surface area (Å²) in [6, 6.07) is 5.94. The molecule has 0 aromatic heterocycles. The third-order valence-corrected chi connectivity index (χ3v) is 3.39. The molecule has 2 rings (SSSR count). The fourth-order valence-electron chi connectivity index (χ4n) is 1.38. The predicted molar refractivity (Wildman–Crippen MR) is 58.3 cm³/mol. The maximum Gasteiger partial charge on any atom is 0.237 e. The molecule has 0 aliphatic carbocycles. The molecule has 1 aromatic carbocycles. The van der Waals surface area contributed by atoms with Crippen molar-refractivity contribution in [1.82, 2.24) is 0 Å². The van der Waals surface area contributed by atoms with Crippen molar-refractivity contribution in [2.75, 3.05) is 5.32 Å². The molecule has 1 heterocycles. The van der Waals surface area contributed by atoms with Gasteiger partial charge >= 0.3 is 0 Å². The van der Waals surface area contributed by atoms with Crippen LogP contribution in [0.5, 0.6) is 0 Å². The molecule has 1 aliphatic heterocycles. The first-order valence-electron chi connectivity index (χ1n) is 4.51. The third kappa shape index (κ3) is 1.63. The van der Waals surface area contributed by atoms with Gasteiger partial charge in [0.05, 0.1) is 10.9 Å². The lowest BCUT2D eigenvalue weighted by Crippen LogP contribution is -2.26. The largest absolute Gasteiger partial charge is 0.326 e. The first-order chi connectivity index (χ1) is 6.70. The highest BCUT2D eigenvalue weighted by molar-refractivity contribution is 8.00. The van der Waals surface area contributed by atoms with Crippen molar-refractivity contribution in [3.8, 4) is 0 Å². The van der Waals surface area contributed by atoms with Crippen LogP contribution in [-0.2, 0) is 11.3 Å². The second-order valence-corrected chi connectivity index (χ2v) is 4.67. The maximum atomic E-state index is 11.4. The summed E-state index contributed by atoms with van der Waals surface area (Å²) in [5.74, 6) is 0.0664. The van der Waals surface area contributed by atoms with Crippen LogP contribution in [0, 0.1) is 0 Å². The highest BCUT2D eigenvalue weighted by atomic mass is 32.2. The molecular formula is C10H12N2OS. The number of amides is 1. The van der Waals surface area contributed by atoms with Gasteiger partial charge in [-0.1, -0.05) is 6.07 Å². The number of thioether (sulfide) groups is 1. The molecule has 3 N–H and O–H groups in total. The molecule has 1 aliphatic rings. The molecule has 0 radical (unpaired) electrons. The van der Waals surface area contributed by atoms with Crippen molar-refractivity contribution in [3.63, 3.8) is 0 Å². The molecule has 1 unspecified atom stereocenters. The number of carbonyl (C=O) groups excluding carboxylic acids is 1. The average molecular weight is 208 g/mol. The molecule has 1 aromatic rings. The van der Waals surface area contributed by atoms with Gasteiger partial charge in [0.1, 0.15) is 0 Å². The van der Waals surface area contributed by atoms with E-state index in [9.17, 15) is 4.79 Å². The van der Waals surface area contributed by atoms with Crippen LogP contribution >= 0.6 is 11.8 Å². The number of anilines is 1. The normalized spacial score (nSPS) is 20.1. The summed E-state index contributed by atoms with van der Waals surface area (Å²) in [6.07, 6.45) is 0. The van der Waals surface area contributed by atoms with Crippen LogP contribution in [0.2, 0.25) is 0 Å². The highest BCUT2D eigenvalue weighted by Gasteiger charge is 2.22. The number of hydrogen-bond donors (Lipinski definition) is 2. The number of fused-ring (bicyclic) bond motifs is 1. The molecule has 0 spiro atoms. The van der Waals surface area contributed by atoms with Gasteiger partial charge in [0.25, 0.3) is 0 Å². The lowest BCUT2D eigenvalue weighted by Gasteiger charge is -2.21. The zero-order valence-electron chi connectivity index (χ0n) is 7.91. The molecule has 3 nitrogen and oxygen atoms in total. The van der Waals surface area contributed by atoms with Crippen molar-refractivity contribution in [2.45, 2.75) is 23.6 Å². The van der Waals surface area contributed by atoms with Crippen LogP contribution < -0.4 is 11.1 Å². The Morgan fingerprint density at radius 2 is 2.36 bits per heavy atom. The molecule has 0 fully saturated rings. The molecule has 0 saturated carbocycles. The Morgan fingerprint density at radius 1 is 1.57 bits per heavy atom. The molecule has 14 heavy (non-hydrogen) atoms. The number of nitrogens with one attached hydrogen (secondary N) is 1. The summed E-state index contributed by atoms with van der Waals surface area (Å²) in [7, 11) is 0. The van der Waals surface area contributed by atoms with E-state index >= 15 is 0 Å². The van der Waals surface area contributed by atoms with Crippen molar-refractivity contribution in [1.29, 1.82) is 0 Å². The Balaban J connectivity index is 2.37. The number of nitrogens with two attached hydrogens (primary N) is 1. The summed E-state index contributed by atoms with van der Waals surface area (Å²) in [5.41, 5.74) is 7.46. The van der Waals surface area contributed by atoms with Crippen LogP contribution in [0.3, 0.4) is 0 Å². The van der Waals surface area contributed by atoms with Crippen LogP contribution in [0.4, 0.5) is 5.69 Å². The van der Waals surface area contributed by atoms with Gasteiger partial charge in [-0.3, -0.25) is 4.79 Å². The number of rotatable bonds is 1. The van der Waals surface area contributed by atoms with Gasteiger partial charge in [-0.15, -0.1) is 11.8 Å². The van der Waals surface area contributed by atoms with Gasteiger partial charge in [-0.25, -0.2) is 0 Å². The van der Waals surface area contributed by atoms with Gasteiger partial charge < -0.3 is 11.1 Å². The van der Waals surface area contributed by atoms with E-state index in [1.807, 2.05) is 25.1 Å². The van der Waals surface area contributed by atoms with E-state index in [2.05, 4.69) is 5.32 Å². The van der Waals surface area contributed by atoms with Gasteiger partial charge in [0.15, 0.2) is 0 Å².